The predicted molar refractivity (Wildman–Crippen MR) is 99.9 cm³/mol. The minimum Gasteiger partial charge on any atom is -0.336 e. The molecule has 0 radical (unpaired) electrons. The van der Waals surface area contributed by atoms with Crippen molar-refractivity contribution in [3.05, 3.63) is 46.8 Å². The van der Waals surface area contributed by atoms with Crippen LogP contribution in [0.3, 0.4) is 0 Å². The summed E-state index contributed by atoms with van der Waals surface area (Å²) in [4.78, 5) is 14.6. The monoisotopic (exact) mass is 412 g/mol. The molecule has 1 aromatic carbocycles. The van der Waals surface area contributed by atoms with E-state index in [4.69, 9.17) is 0 Å². The highest BCUT2D eigenvalue weighted by Crippen LogP contribution is 2.23. The van der Waals surface area contributed by atoms with Crippen molar-refractivity contribution in [3.63, 3.8) is 0 Å². The minimum absolute atomic E-state index is 0.0230. The standard InChI is InChI=1S/C18H22F2N4O3S/c1-4-28(26,27)23-9-7-22(8-10-23)18(25)17-12(2)21-24(13(17)3)16-6-5-14(19)11-15(16)20/h5-6,11H,4,7-10H2,1-3H3. The number of carbonyl (C=O) groups is 1. The fourth-order valence-electron chi connectivity index (χ4n) is 3.35. The molecule has 152 valence electrons. The quantitative estimate of drug-likeness (QED) is 0.769. The summed E-state index contributed by atoms with van der Waals surface area (Å²) in [6, 6.07) is 3.16. The van der Waals surface area contributed by atoms with Crippen molar-refractivity contribution in [1.29, 1.82) is 0 Å². The molecule has 1 fully saturated rings. The van der Waals surface area contributed by atoms with E-state index >= 15 is 0 Å². The molecule has 0 N–H and O–H groups in total. The molecular formula is C18H22F2N4O3S. The number of piperazine rings is 1. The second-order valence-electron chi connectivity index (χ2n) is 6.65. The van der Waals surface area contributed by atoms with Crippen LogP contribution in [0.15, 0.2) is 18.2 Å². The molecule has 1 aliphatic rings. The number of rotatable bonds is 4. The van der Waals surface area contributed by atoms with E-state index < -0.39 is 21.7 Å². The van der Waals surface area contributed by atoms with Crippen LogP contribution in [0.2, 0.25) is 0 Å². The summed E-state index contributed by atoms with van der Waals surface area (Å²) in [7, 11) is -3.28. The second kappa shape index (κ2) is 7.59. The van der Waals surface area contributed by atoms with Crippen molar-refractivity contribution in [3.8, 4) is 5.69 Å². The van der Waals surface area contributed by atoms with Crippen LogP contribution in [0.1, 0.15) is 28.7 Å². The molecule has 7 nitrogen and oxygen atoms in total. The van der Waals surface area contributed by atoms with Gasteiger partial charge >= 0.3 is 0 Å². The van der Waals surface area contributed by atoms with E-state index in [0.29, 0.717) is 17.0 Å². The normalized spacial score (nSPS) is 15.8. The van der Waals surface area contributed by atoms with Gasteiger partial charge in [-0.3, -0.25) is 4.79 Å². The van der Waals surface area contributed by atoms with Crippen LogP contribution >= 0.6 is 0 Å². The van der Waals surface area contributed by atoms with E-state index in [-0.39, 0.29) is 43.5 Å². The maximum atomic E-state index is 14.1. The third-order valence-corrected chi connectivity index (χ3v) is 6.81. The predicted octanol–water partition coefficient (Wildman–Crippen LogP) is 1.87. The van der Waals surface area contributed by atoms with E-state index in [2.05, 4.69) is 5.10 Å². The lowest BCUT2D eigenvalue weighted by atomic mass is 10.1. The number of halogens is 2. The SMILES string of the molecule is CCS(=O)(=O)N1CCN(C(=O)c2c(C)nn(-c3ccc(F)cc3F)c2C)CC1. The highest BCUT2D eigenvalue weighted by atomic mass is 32.2. The Morgan fingerprint density at radius 3 is 2.36 bits per heavy atom. The second-order valence-corrected chi connectivity index (χ2v) is 8.90. The van der Waals surface area contributed by atoms with Gasteiger partial charge in [0, 0.05) is 32.2 Å². The zero-order chi connectivity index (χ0) is 20.6. The lowest BCUT2D eigenvalue weighted by Crippen LogP contribution is -2.51. The molecule has 0 bridgehead atoms. The molecule has 3 rings (SSSR count). The first-order valence-electron chi connectivity index (χ1n) is 8.94. The number of sulfonamides is 1. The van der Waals surface area contributed by atoms with Crippen molar-refractivity contribution in [2.75, 3.05) is 31.9 Å². The summed E-state index contributed by atoms with van der Waals surface area (Å²) in [6.07, 6.45) is 0. The number of aromatic nitrogens is 2. The molecule has 2 aromatic rings. The Labute approximate surface area is 162 Å². The van der Waals surface area contributed by atoms with Crippen LogP contribution in [0.5, 0.6) is 0 Å². The van der Waals surface area contributed by atoms with E-state index in [9.17, 15) is 22.0 Å². The largest absolute Gasteiger partial charge is 0.336 e. The van der Waals surface area contributed by atoms with Crippen LogP contribution in [0.4, 0.5) is 8.78 Å². The Hall–Kier alpha value is -2.33. The minimum atomic E-state index is -3.28. The Balaban J connectivity index is 1.85. The van der Waals surface area contributed by atoms with Crippen molar-refractivity contribution in [1.82, 2.24) is 19.0 Å². The summed E-state index contributed by atoms with van der Waals surface area (Å²) in [5.41, 5.74) is 1.27. The maximum Gasteiger partial charge on any atom is 0.257 e. The smallest absolute Gasteiger partial charge is 0.257 e. The maximum absolute atomic E-state index is 14.1. The molecule has 10 heteroatoms. The van der Waals surface area contributed by atoms with Gasteiger partial charge in [0.05, 0.1) is 22.7 Å². The van der Waals surface area contributed by atoms with Gasteiger partial charge in [-0.25, -0.2) is 21.9 Å². The zero-order valence-electron chi connectivity index (χ0n) is 15.9. The summed E-state index contributed by atoms with van der Waals surface area (Å²) in [5.74, 6) is -1.73. The fraction of sp³-hybridized carbons (Fsp3) is 0.444. The summed E-state index contributed by atoms with van der Waals surface area (Å²) < 4.78 is 53.9. The molecule has 1 aromatic heterocycles. The molecule has 2 heterocycles. The third kappa shape index (κ3) is 3.66. The molecule has 0 saturated carbocycles. The highest BCUT2D eigenvalue weighted by Gasteiger charge is 2.30. The first kappa shape index (κ1) is 20.4. The fourth-order valence-corrected chi connectivity index (χ4v) is 4.43. The lowest BCUT2D eigenvalue weighted by Gasteiger charge is -2.33. The van der Waals surface area contributed by atoms with E-state index in [0.717, 1.165) is 12.1 Å². The first-order valence-corrected chi connectivity index (χ1v) is 10.6. The third-order valence-electron chi connectivity index (χ3n) is 4.93. The van der Waals surface area contributed by atoms with Crippen LogP contribution in [-0.4, -0.2) is 65.2 Å². The van der Waals surface area contributed by atoms with Gasteiger partial charge in [-0.1, -0.05) is 0 Å². The molecule has 0 atom stereocenters. The molecule has 1 amide bonds. The molecule has 28 heavy (non-hydrogen) atoms. The van der Waals surface area contributed by atoms with Gasteiger partial charge in [0.15, 0.2) is 5.82 Å². The van der Waals surface area contributed by atoms with Crippen molar-refractivity contribution < 1.29 is 22.0 Å². The van der Waals surface area contributed by atoms with Crippen molar-refractivity contribution in [2.24, 2.45) is 0 Å². The number of benzene rings is 1. The zero-order valence-corrected chi connectivity index (χ0v) is 16.8. The lowest BCUT2D eigenvalue weighted by molar-refractivity contribution is 0.0696. The summed E-state index contributed by atoms with van der Waals surface area (Å²) >= 11 is 0. The number of aryl methyl sites for hydroxylation is 1. The Morgan fingerprint density at radius 2 is 1.79 bits per heavy atom. The number of amides is 1. The van der Waals surface area contributed by atoms with Crippen LogP contribution in [0, 0.1) is 25.5 Å². The first-order chi connectivity index (χ1) is 13.2. The topological polar surface area (TPSA) is 75.5 Å². The number of nitrogens with zero attached hydrogens (tertiary/aromatic N) is 4. The summed E-state index contributed by atoms with van der Waals surface area (Å²) in [5, 5.41) is 4.25. The Kier molecular flexibility index (Phi) is 5.53. The van der Waals surface area contributed by atoms with E-state index in [1.165, 1.54) is 15.1 Å². The average molecular weight is 412 g/mol. The summed E-state index contributed by atoms with van der Waals surface area (Å²) in [6.45, 7) is 5.90. The highest BCUT2D eigenvalue weighted by molar-refractivity contribution is 7.89. The van der Waals surface area contributed by atoms with Gasteiger partial charge < -0.3 is 4.90 Å². The average Bonchev–Trinajstić information content (AvgIpc) is 2.95. The van der Waals surface area contributed by atoms with Gasteiger partial charge in [0.25, 0.3) is 5.91 Å². The van der Waals surface area contributed by atoms with Crippen LogP contribution < -0.4 is 0 Å². The van der Waals surface area contributed by atoms with Crippen molar-refractivity contribution >= 4 is 15.9 Å². The van der Waals surface area contributed by atoms with Gasteiger partial charge in [0.2, 0.25) is 10.0 Å². The Bertz CT molecular complexity index is 1010. The van der Waals surface area contributed by atoms with Crippen LogP contribution in [-0.2, 0) is 10.0 Å². The molecule has 0 spiro atoms. The molecular weight excluding hydrogens is 390 g/mol. The molecule has 0 aliphatic carbocycles. The van der Waals surface area contributed by atoms with Gasteiger partial charge in [-0.2, -0.15) is 9.40 Å². The Morgan fingerprint density at radius 1 is 1.14 bits per heavy atom. The molecule has 1 saturated heterocycles. The van der Waals surface area contributed by atoms with E-state index in [1.807, 2.05) is 0 Å². The van der Waals surface area contributed by atoms with E-state index in [1.54, 1.807) is 25.7 Å². The molecule has 1 aliphatic heterocycles. The molecule has 0 unspecified atom stereocenters. The van der Waals surface area contributed by atoms with Gasteiger partial charge in [0.1, 0.15) is 11.5 Å². The number of carbonyl (C=O) groups excluding carboxylic acids is 1. The number of hydrogen-bond donors (Lipinski definition) is 0. The van der Waals surface area contributed by atoms with Gasteiger partial charge in [-0.05, 0) is 32.9 Å². The van der Waals surface area contributed by atoms with Crippen LogP contribution in [0.25, 0.3) is 5.69 Å². The van der Waals surface area contributed by atoms with Crippen molar-refractivity contribution in [2.45, 2.75) is 20.8 Å². The van der Waals surface area contributed by atoms with Gasteiger partial charge in [-0.15, -0.1) is 0 Å². The number of hydrogen-bond acceptors (Lipinski definition) is 4.